The van der Waals surface area contributed by atoms with Gasteiger partial charge in [0.05, 0.1) is 18.0 Å². The normalized spacial score (nSPS) is 25.4. The van der Waals surface area contributed by atoms with E-state index in [-0.39, 0.29) is 36.0 Å². The number of aryl methyl sites for hydroxylation is 1. The first-order chi connectivity index (χ1) is 13.9. The minimum absolute atomic E-state index is 0.0580. The molecule has 0 radical (unpaired) electrons. The van der Waals surface area contributed by atoms with Crippen LogP contribution in [0.5, 0.6) is 0 Å². The van der Waals surface area contributed by atoms with E-state index in [9.17, 15) is 18.0 Å². The summed E-state index contributed by atoms with van der Waals surface area (Å²) in [5.74, 6) is -0.348. The lowest BCUT2D eigenvalue weighted by Crippen LogP contribution is -2.49. The first-order valence-corrected chi connectivity index (χ1v) is 12.7. The molecule has 1 N–H and O–H groups in total. The lowest BCUT2D eigenvalue weighted by atomic mass is 9.70. The van der Waals surface area contributed by atoms with Gasteiger partial charge in [0.2, 0.25) is 15.9 Å². The third kappa shape index (κ3) is 4.32. The second-order valence-corrected chi connectivity index (χ2v) is 12.2. The van der Waals surface area contributed by atoms with Crippen molar-refractivity contribution in [1.82, 2.24) is 14.2 Å². The van der Waals surface area contributed by atoms with Crippen molar-refractivity contribution in [1.29, 1.82) is 0 Å². The van der Waals surface area contributed by atoms with Gasteiger partial charge in [-0.3, -0.25) is 9.59 Å². The fourth-order valence-electron chi connectivity index (χ4n) is 4.87. The SMILES string of the molecule is Cc1csc(NC(=O)CN(CCN(C)C)S(=O)(=O)CC23CCC(CC2=O)C3(C)C)n1. The summed E-state index contributed by atoms with van der Waals surface area (Å²) in [5.41, 5.74) is -0.398. The van der Waals surface area contributed by atoms with Crippen molar-refractivity contribution in [3.63, 3.8) is 0 Å². The molecule has 1 aromatic heterocycles. The van der Waals surface area contributed by atoms with E-state index >= 15 is 0 Å². The molecule has 3 rings (SSSR count). The van der Waals surface area contributed by atoms with E-state index in [0.29, 0.717) is 24.5 Å². The molecule has 1 aromatic rings. The molecule has 2 fully saturated rings. The van der Waals surface area contributed by atoms with Crippen LogP contribution >= 0.6 is 11.3 Å². The Balaban J connectivity index is 1.79. The zero-order chi connectivity index (χ0) is 22.3. The summed E-state index contributed by atoms with van der Waals surface area (Å²) < 4.78 is 28.2. The van der Waals surface area contributed by atoms with Crippen molar-refractivity contribution in [2.75, 3.05) is 44.8 Å². The first-order valence-electron chi connectivity index (χ1n) is 10.3. The van der Waals surface area contributed by atoms with Crippen LogP contribution in [0, 0.1) is 23.7 Å². The second kappa shape index (κ2) is 8.29. The molecule has 0 aliphatic heterocycles. The summed E-state index contributed by atoms with van der Waals surface area (Å²) in [6.07, 6.45) is 1.95. The number of carbonyl (C=O) groups is 2. The van der Waals surface area contributed by atoms with Gasteiger partial charge in [0.15, 0.2) is 5.13 Å². The minimum atomic E-state index is -3.82. The zero-order valence-electron chi connectivity index (χ0n) is 18.4. The molecule has 2 saturated carbocycles. The van der Waals surface area contributed by atoms with Gasteiger partial charge < -0.3 is 10.2 Å². The molecule has 0 aromatic carbocycles. The van der Waals surface area contributed by atoms with Crippen molar-refractivity contribution in [2.24, 2.45) is 16.7 Å². The van der Waals surface area contributed by atoms with E-state index in [0.717, 1.165) is 12.1 Å². The fourth-order valence-corrected chi connectivity index (χ4v) is 7.73. The van der Waals surface area contributed by atoms with Gasteiger partial charge >= 0.3 is 0 Å². The van der Waals surface area contributed by atoms with Crippen LogP contribution in [-0.4, -0.2) is 73.8 Å². The molecule has 1 heterocycles. The summed E-state index contributed by atoms with van der Waals surface area (Å²) >= 11 is 1.30. The van der Waals surface area contributed by atoms with Crippen LogP contribution < -0.4 is 5.32 Å². The standard InChI is InChI=1S/C20H32N4O4S2/c1-14-12-29-18(21-14)22-17(26)11-24(9-8-23(4)5)30(27,28)13-20-7-6-15(10-16(20)25)19(20,2)3/h12,15H,6-11,13H2,1-5H3,(H,21,22,26). The minimum Gasteiger partial charge on any atom is -0.308 e. The van der Waals surface area contributed by atoms with E-state index in [2.05, 4.69) is 10.3 Å². The highest BCUT2D eigenvalue weighted by Gasteiger charge is 2.65. The molecule has 30 heavy (non-hydrogen) atoms. The molecule has 1 amide bonds. The van der Waals surface area contributed by atoms with Crippen molar-refractivity contribution in [2.45, 2.75) is 40.0 Å². The number of hydrogen-bond donors (Lipinski definition) is 1. The number of fused-ring (bicyclic) bond motifs is 2. The van der Waals surface area contributed by atoms with Gasteiger partial charge in [0.1, 0.15) is 5.78 Å². The van der Waals surface area contributed by atoms with E-state index in [1.807, 2.05) is 45.1 Å². The quantitative estimate of drug-likeness (QED) is 0.610. The second-order valence-electron chi connectivity index (χ2n) is 9.40. The third-order valence-corrected chi connectivity index (χ3v) is 9.77. The van der Waals surface area contributed by atoms with E-state index in [4.69, 9.17) is 0 Å². The predicted octanol–water partition coefficient (Wildman–Crippen LogP) is 1.98. The number of likely N-dealkylation sites (N-methyl/N-ethyl adjacent to an activating group) is 1. The number of carbonyl (C=O) groups excluding carboxylic acids is 2. The number of hydrogen-bond acceptors (Lipinski definition) is 7. The lowest BCUT2D eigenvalue weighted by Gasteiger charge is -2.37. The Bertz CT molecular complexity index is 925. The molecule has 2 aliphatic carbocycles. The highest BCUT2D eigenvalue weighted by atomic mass is 32.2. The van der Waals surface area contributed by atoms with Gasteiger partial charge in [-0.1, -0.05) is 13.8 Å². The molecular formula is C20H32N4O4S2. The Hall–Kier alpha value is -1.36. The highest BCUT2D eigenvalue weighted by molar-refractivity contribution is 7.89. The molecule has 2 aliphatic rings. The summed E-state index contributed by atoms with van der Waals surface area (Å²) in [6.45, 7) is 6.25. The maximum Gasteiger partial charge on any atom is 0.241 e. The molecule has 8 nitrogen and oxygen atoms in total. The summed E-state index contributed by atoms with van der Waals surface area (Å²) in [7, 11) is -0.115. The Kier molecular flexibility index (Phi) is 6.44. The molecule has 2 atom stereocenters. The average Bonchev–Trinajstić information content (AvgIpc) is 3.19. The Morgan fingerprint density at radius 1 is 1.33 bits per heavy atom. The van der Waals surface area contributed by atoms with Crippen molar-refractivity contribution in [3.8, 4) is 0 Å². The van der Waals surface area contributed by atoms with Crippen LogP contribution in [-0.2, 0) is 19.6 Å². The van der Waals surface area contributed by atoms with Crippen LogP contribution in [0.15, 0.2) is 5.38 Å². The van der Waals surface area contributed by atoms with Crippen molar-refractivity contribution in [3.05, 3.63) is 11.1 Å². The molecule has 0 saturated heterocycles. The van der Waals surface area contributed by atoms with Crippen LogP contribution in [0.2, 0.25) is 0 Å². The van der Waals surface area contributed by atoms with E-state index in [1.54, 1.807) is 0 Å². The number of sulfonamides is 1. The lowest BCUT2D eigenvalue weighted by molar-refractivity contribution is -0.128. The van der Waals surface area contributed by atoms with Gasteiger partial charge in [-0.2, -0.15) is 4.31 Å². The van der Waals surface area contributed by atoms with Crippen LogP contribution in [0.4, 0.5) is 5.13 Å². The molecule has 2 bridgehead atoms. The smallest absolute Gasteiger partial charge is 0.241 e. The third-order valence-electron chi connectivity index (χ3n) is 6.94. The molecule has 2 unspecified atom stereocenters. The van der Waals surface area contributed by atoms with Crippen LogP contribution in [0.1, 0.15) is 38.8 Å². The Morgan fingerprint density at radius 2 is 2.03 bits per heavy atom. The highest BCUT2D eigenvalue weighted by Crippen LogP contribution is 2.64. The predicted molar refractivity (Wildman–Crippen MR) is 118 cm³/mol. The van der Waals surface area contributed by atoms with Gasteiger partial charge in [-0.15, -0.1) is 11.3 Å². The first kappa shape index (κ1) is 23.3. The molecular weight excluding hydrogens is 424 g/mol. The number of ketones is 1. The van der Waals surface area contributed by atoms with Crippen molar-refractivity contribution >= 4 is 38.2 Å². The molecule has 0 spiro atoms. The summed E-state index contributed by atoms with van der Waals surface area (Å²) in [6, 6.07) is 0. The van der Waals surface area contributed by atoms with Crippen LogP contribution in [0.25, 0.3) is 0 Å². The largest absolute Gasteiger partial charge is 0.308 e. The number of aromatic nitrogens is 1. The van der Waals surface area contributed by atoms with Gasteiger partial charge in [-0.25, -0.2) is 13.4 Å². The molecule has 168 valence electrons. The number of thiazole rings is 1. The number of amides is 1. The topological polar surface area (TPSA) is 99.7 Å². The number of nitrogens with one attached hydrogen (secondary N) is 1. The van der Waals surface area contributed by atoms with E-state index in [1.165, 1.54) is 15.6 Å². The van der Waals surface area contributed by atoms with Gasteiger partial charge in [0, 0.05) is 30.3 Å². The Labute approximate surface area is 183 Å². The monoisotopic (exact) mass is 456 g/mol. The summed E-state index contributed by atoms with van der Waals surface area (Å²) in [4.78, 5) is 31.5. The van der Waals surface area contributed by atoms with Gasteiger partial charge in [-0.05, 0) is 45.2 Å². The number of rotatable bonds is 9. The Morgan fingerprint density at radius 3 is 2.53 bits per heavy atom. The maximum atomic E-state index is 13.5. The maximum absolute atomic E-state index is 13.5. The summed E-state index contributed by atoms with van der Waals surface area (Å²) in [5, 5.41) is 4.95. The average molecular weight is 457 g/mol. The van der Waals surface area contributed by atoms with E-state index < -0.39 is 21.3 Å². The zero-order valence-corrected chi connectivity index (χ0v) is 20.0. The number of Topliss-reactive ketones (excluding diaryl/α,β-unsaturated/α-hetero) is 1. The van der Waals surface area contributed by atoms with Crippen LogP contribution in [0.3, 0.4) is 0 Å². The van der Waals surface area contributed by atoms with Crippen molar-refractivity contribution < 1.29 is 18.0 Å². The fraction of sp³-hybridized carbons (Fsp3) is 0.750. The van der Waals surface area contributed by atoms with Gasteiger partial charge in [0.25, 0.3) is 0 Å². The number of anilines is 1. The molecule has 10 heteroatoms. The number of nitrogens with zero attached hydrogens (tertiary/aromatic N) is 3.